The summed E-state index contributed by atoms with van der Waals surface area (Å²) in [6, 6.07) is 25.4. The summed E-state index contributed by atoms with van der Waals surface area (Å²) in [5.41, 5.74) is 3.74. The van der Waals surface area contributed by atoms with Crippen molar-refractivity contribution in [1.82, 2.24) is 0 Å². The number of hydrogen-bond donors (Lipinski definition) is 2. The van der Waals surface area contributed by atoms with Gasteiger partial charge in [0.1, 0.15) is 5.75 Å². The molecule has 0 atom stereocenters. The van der Waals surface area contributed by atoms with Gasteiger partial charge in [-0.25, -0.2) is 0 Å². The minimum Gasteiger partial charge on any atom is -0.496 e. The lowest BCUT2D eigenvalue weighted by Gasteiger charge is -2.10. The standard InChI is InChI=1S/C22H22N2O2/c1-26-21-13-6-5-8-17(21)14-15-22(25)24-20-12-7-11-19(16-20)23-18-9-3-2-4-10-18/h2-13,16,23H,14-15H2,1H3,(H,24,25). The van der Waals surface area contributed by atoms with E-state index in [1.807, 2.05) is 78.9 Å². The largest absolute Gasteiger partial charge is 0.496 e. The molecule has 0 spiro atoms. The number of aryl methyl sites for hydroxylation is 1. The molecule has 0 saturated heterocycles. The highest BCUT2D eigenvalue weighted by Crippen LogP contribution is 2.21. The normalized spacial score (nSPS) is 10.2. The summed E-state index contributed by atoms with van der Waals surface area (Å²) in [4.78, 5) is 12.3. The average molecular weight is 346 g/mol. The van der Waals surface area contributed by atoms with Crippen LogP contribution in [0.25, 0.3) is 0 Å². The number of methoxy groups -OCH3 is 1. The van der Waals surface area contributed by atoms with Gasteiger partial charge >= 0.3 is 0 Å². The minimum absolute atomic E-state index is 0.0206. The van der Waals surface area contributed by atoms with Crippen molar-refractivity contribution in [2.45, 2.75) is 12.8 Å². The monoisotopic (exact) mass is 346 g/mol. The molecule has 0 aromatic heterocycles. The van der Waals surface area contributed by atoms with E-state index in [2.05, 4.69) is 10.6 Å². The summed E-state index contributed by atoms with van der Waals surface area (Å²) >= 11 is 0. The van der Waals surface area contributed by atoms with Crippen LogP contribution in [0.1, 0.15) is 12.0 Å². The lowest BCUT2D eigenvalue weighted by atomic mass is 10.1. The number of anilines is 3. The summed E-state index contributed by atoms with van der Waals surface area (Å²) in [6.07, 6.45) is 1.04. The molecule has 0 heterocycles. The van der Waals surface area contributed by atoms with Gasteiger partial charge in [-0.05, 0) is 48.4 Å². The second-order valence-corrected chi connectivity index (χ2v) is 5.93. The molecule has 0 aliphatic carbocycles. The zero-order chi connectivity index (χ0) is 18.2. The quantitative estimate of drug-likeness (QED) is 0.632. The third-order valence-electron chi connectivity index (χ3n) is 4.02. The maximum atomic E-state index is 12.3. The van der Waals surface area contributed by atoms with Crippen LogP contribution in [0.4, 0.5) is 17.1 Å². The lowest BCUT2D eigenvalue weighted by Crippen LogP contribution is -2.12. The van der Waals surface area contributed by atoms with Crippen molar-refractivity contribution in [3.63, 3.8) is 0 Å². The Kier molecular flexibility index (Phi) is 5.88. The first-order chi connectivity index (χ1) is 12.7. The molecule has 3 rings (SSSR count). The van der Waals surface area contributed by atoms with E-state index >= 15 is 0 Å². The van der Waals surface area contributed by atoms with Gasteiger partial charge < -0.3 is 15.4 Å². The summed E-state index contributed by atoms with van der Waals surface area (Å²) in [7, 11) is 1.64. The van der Waals surface area contributed by atoms with E-state index in [9.17, 15) is 4.79 Å². The minimum atomic E-state index is -0.0206. The first-order valence-electron chi connectivity index (χ1n) is 8.58. The second kappa shape index (κ2) is 8.72. The van der Waals surface area contributed by atoms with E-state index in [0.717, 1.165) is 28.4 Å². The van der Waals surface area contributed by atoms with E-state index in [0.29, 0.717) is 12.8 Å². The third kappa shape index (κ3) is 4.86. The van der Waals surface area contributed by atoms with Crippen LogP contribution in [0.5, 0.6) is 5.75 Å². The Hall–Kier alpha value is -3.27. The SMILES string of the molecule is COc1ccccc1CCC(=O)Nc1cccc(Nc2ccccc2)c1. The van der Waals surface area contributed by atoms with Gasteiger partial charge in [0, 0.05) is 23.5 Å². The molecule has 4 nitrogen and oxygen atoms in total. The Balaban J connectivity index is 1.58. The van der Waals surface area contributed by atoms with Crippen LogP contribution in [0, 0.1) is 0 Å². The summed E-state index contributed by atoms with van der Waals surface area (Å²) in [5, 5.41) is 6.28. The molecule has 0 aliphatic heterocycles. The number of benzene rings is 3. The first-order valence-corrected chi connectivity index (χ1v) is 8.58. The van der Waals surface area contributed by atoms with Crippen LogP contribution < -0.4 is 15.4 Å². The molecule has 0 fully saturated rings. The Morgan fingerprint density at radius 2 is 1.54 bits per heavy atom. The van der Waals surface area contributed by atoms with Gasteiger partial charge in [0.05, 0.1) is 7.11 Å². The molecule has 3 aromatic rings. The molecular formula is C22H22N2O2. The van der Waals surface area contributed by atoms with E-state index in [1.165, 1.54) is 0 Å². The van der Waals surface area contributed by atoms with Gasteiger partial charge in [-0.2, -0.15) is 0 Å². The van der Waals surface area contributed by atoms with Crippen molar-refractivity contribution in [2.24, 2.45) is 0 Å². The highest BCUT2D eigenvalue weighted by molar-refractivity contribution is 5.91. The number of rotatable bonds is 7. The summed E-state index contributed by atoms with van der Waals surface area (Å²) in [6.45, 7) is 0. The predicted octanol–water partition coefficient (Wildman–Crippen LogP) is 5.01. The Morgan fingerprint density at radius 3 is 2.35 bits per heavy atom. The van der Waals surface area contributed by atoms with Crippen LogP contribution in [0.15, 0.2) is 78.9 Å². The van der Waals surface area contributed by atoms with Crippen molar-refractivity contribution in [1.29, 1.82) is 0 Å². The van der Waals surface area contributed by atoms with Crippen molar-refractivity contribution in [2.75, 3.05) is 17.7 Å². The lowest BCUT2D eigenvalue weighted by molar-refractivity contribution is -0.116. The van der Waals surface area contributed by atoms with Crippen molar-refractivity contribution in [3.05, 3.63) is 84.4 Å². The van der Waals surface area contributed by atoms with E-state index in [4.69, 9.17) is 4.74 Å². The maximum absolute atomic E-state index is 12.3. The van der Waals surface area contributed by atoms with Gasteiger partial charge in [0.2, 0.25) is 5.91 Å². The summed E-state index contributed by atoms with van der Waals surface area (Å²) in [5.74, 6) is 0.794. The fraction of sp³-hybridized carbons (Fsp3) is 0.136. The predicted molar refractivity (Wildman–Crippen MR) is 106 cm³/mol. The third-order valence-corrected chi connectivity index (χ3v) is 4.02. The van der Waals surface area contributed by atoms with Gasteiger partial charge in [-0.3, -0.25) is 4.79 Å². The number of amides is 1. The van der Waals surface area contributed by atoms with E-state index in [1.54, 1.807) is 7.11 Å². The fourth-order valence-electron chi connectivity index (χ4n) is 2.74. The summed E-state index contributed by atoms with van der Waals surface area (Å²) < 4.78 is 5.33. The number of carbonyl (C=O) groups is 1. The topological polar surface area (TPSA) is 50.4 Å². The number of nitrogens with one attached hydrogen (secondary N) is 2. The first kappa shape index (κ1) is 17.5. The zero-order valence-electron chi connectivity index (χ0n) is 14.7. The van der Waals surface area contributed by atoms with E-state index < -0.39 is 0 Å². The molecule has 132 valence electrons. The highest BCUT2D eigenvalue weighted by Gasteiger charge is 2.07. The Morgan fingerprint density at radius 1 is 0.846 bits per heavy atom. The van der Waals surface area contributed by atoms with Crippen molar-refractivity contribution in [3.8, 4) is 5.75 Å². The molecule has 3 aromatic carbocycles. The van der Waals surface area contributed by atoms with Crippen LogP contribution in [-0.4, -0.2) is 13.0 Å². The molecule has 0 unspecified atom stereocenters. The number of carbonyl (C=O) groups excluding carboxylic acids is 1. The van der Waals surface area contributed by atoms with Gasteiger partial charge in [0.25, 0.3) is 0 Å². The van der Waals surface area contributed by atoms with Gasteiger partial charge in [-0.1, -0.05) is 42.5 Å². The second-order valence-electron chi connectivity index (χ2n) is 5.93. The van der Waals surface area contributed by atoms with Crippen LogP contribution in [-0.2, 0) is 11.2 Å². The molecule has 26 heavy (non-hydrogen) atoms. The van der Waals surface area contributed by atoms with Crippen LogP contribution in [0.2, 0.25) is 0 Å². The van der Waals surface area contributed by atoms with Crippen LogP contribution >= 0.6 is 0 Å². The number of hydrogen-bond acceptors (Lipinski definition) is 3. The van der Waals surface area contributed by atoms with Crippen LogP contribution in [0.3, 0.4) is 0 Å². The molecule has 4 heteroatoms. The number of para-hydroxylation sites is 2. The molecule has 0 saturated carbocycles. The molecule has 1 amide bonds. The maximum Gasteiger partial charge on any atom is 0.224 e. The van der Waals surface area contributed by atoms with E-state index in [-0.39, 0.29) is 5.91 Å². The fourth-order valence-corrected chi connectivity index (χ4v) is 2.74. The van der Waals surface area contributed by atoms with Crippen molar-refractivity contribution >= 4 is 23.0 Å². The molecule has 2 N–H and O–H groups in total. The molecule has 0 aliphatic rings. The Labute approximate surface area is 153 Å². The molecule has 0 radical (unpaired) electrons. The highest BCUT2D eigenvalue weighted by atomic mass is 16.5. The van der Waals surface area contributed by atoms with Gasteiger partial charge in [-0.15, -0.1) is 0 Å². The van der Waals surface area contributed by atoms with Crippen molar-refractivity contribution < 1.29 is 9.53 Å². The molecule has 0 bridgehead atoms. The average Bonchev–Trinajstić information content (AvgIpc) is 2.67. The van der Waals surface area contributed by atoms with Gasteiger partial charge in [0.15, 0.2) is 0 Å². The smallest absolute Gasteiger partial charge is 0.224 e. The molecular weight excluding hydrogens is 324 g/mol. The number of ether oxygens (including phenoxy) is 1. The zero-order valence-corrected chi connectivity index (χ0v) is 14.7. The Bertz CT molecular complexity index is 863.